The number of carbonyl (C=O) groups is 1. The minimum absolute atomic E-state index is 0.138. The molecular weight excluding hydrogens is 358 g/mol. The normalized spacial score (nSPS) is 14.5. The van der Waals surface area contributed by atoms with Gasteiger partial charge in [0.1, 0.15) is 5.82 Å². The molecule has 148 valence electrons. The molecule has 0 unspecified atom stereocenters. The first kappa shape index (κ1) is 19.2. The molecule has 1 N–H and O–H groups in total. The molecule has 4 heteroatoms. The van der Waals surface area contributed by atoms with E-state index in [9.17, 15) is 4.79 Å². The maximum absolute atomic E-state index is 12.3. The van der Waals surface area contributed by atoms with Crippen LogP contribution in [0.4, 0.5) is 11.5 Å². The molecule has 3 aromatic rings. The molecule has 1 aromatic heterocycles. The maximum Gasteiger partial charge on any atom is 0.248 e. The molecule has 1 aliphatic rings. The van der Waals surface area contributed by atoms with Gasteiger partial charge in [-0.1, -0.05) is 29.8 Å². The molecule has 29 heavy (non-hydrogen) atoms. The number of aryl methyl sites for hydroxylation is 2. The van der Waals surface area contributed by atoms with E-state index in [1.807, 2.05) is 55.5 Å². The van der Waals surface area contributed by atoms with Crippen molar-refractivity contribution in [2.75, 3.05) is 23.3 Å². The lowest BCUT2D eigenvalue weighted by Gasteiger charge is -2.28. The summed E-state index contributed by atoms with van der Waals surface area (Å²) in [5, 5.41) is 4.03. The topological polar surface area (TPSA) is 45.2 Å². The van der Waals surface area contributed by atoms with Crippen LogP contribution in [0.3, 0.4) is 0 Å². The van der Waals surface area contributed by atoms with Gasteiger partial charge in [-0.2, -0.15) is 0 Å². The summed E-state index contributed by atoms with van der Waals surface area (Å²) in [6.07, 6.45) is 7.18. The molecule has 0 atom stereocenters. The average molecular weight is 386 g/mol. The first-order chi connectivity index (χ1) is 14.1. The SMILES string of the molecule is Cc1ccc(/C=C/C(=O)Nc2ccc3nc(N4CCCCC4)cc(C)c3c2)cc1. The molecule has 0 radical (unpaired) electrons. The highest BCUT2D eigenvalue weighted by atomic mass is 16.1. The summed E-state index contributed by atoms with van der Waals surface area (Å²) in [7, 11) is 0. The zero-order valence-electron chi connectivity index (χ0n) is 17.1. The van der Waals surface area contributed by atoms with Crippen molar-refractivity contribution in [3.05, 3.63) is 71.3 Å². The van der Waals surface area contributed by atoms with E-state index < -0.39 is 0 Å². The van der Waals surface area contributed by atoms with E-state index in [0.29, 0.717) is 0 Å². The fraction of sp³-hybridized carbons (Fsp3) is 0.280. The summed E-state index contributed by atoms with van der Waals surface area (Å²) in [6.45, 7) is 6.32. The lowest BCUT2D eigenvalue weighted by atomic mass is 10.1. The number of nitrogens with one attached hydrogen (secondary N) is 1. The van der Waals surface area contributed by atoms with Gasteiger partial charge in [0.15, 0.2) is 0 Å². The highest BCUT2D eigenvalue weighted by Gasteiger charge is 2.14. The molecule has 4 nitrogen and oxygen atoms in total. The van der Waals surface area contributed by atoms with E-state index in [4.69, 9.17) is 4.98 Å². The molecule has 1 saturated heterocycles. The van der Waals surface area contributed by atoms with Gasteiger partial charge in [-0.15, -0.1) is 0 Å². The second-order valence-corrected chi connectivity index (χ2v) is 7.81. The van der Waals surface area contributed by atoms with Crippen molar-refractivity contribution in [1.29, 1.82) is 0 Å². The summed E-state index contributed by atoms with van der Waals surface area (Å²) in [4.78, 5) is 19.6. The van der Waals surface area contributed by atoms with Gasteiger partial charge in [0.25, 0.3) is 0 Å². The van der Waals surface area contributed by atoms with Gasteiger partial charge in [-0.05, 0) is 74.6 Å². The quantitative estimate of drug-likeness (QED) is 0.604. The van der Waals surface area contributed by atoms with Gasteiger partial charge in [0, 0.05) is 30.2 Å². The predicted octanol–water partition coefficient (Wildman–Crippen LogP) is 5.49. The van der Waals surface area contributed by atoms with Crippen molar-refractivity contribution in [2.24, 2.45) is 0 Å². The number of hydrogen-bond acceptors (Lipinski definition) is 3. The summed E-state index contributed by atoms with van der Waals surface area (Å²) in [5.41, 5.74) is 5.15. The van der Waals surface area contributed by atoms with Crippen molar-refractivity contribution in [2.45, 2.75) is 33.1 Å². The van der Waals surface area contributed by atoms with Crippen molar-refractivity contribution < 1.29 is 4.79 Å². The number of piperidine rings is 1. The smallest absolute Gasteiger partial charge is 0.248 e. The summed E-state index contributed by atoms with van der Waals surface area (Å²) in [6, 6.07) is 16.2. The van der Waals surface area contributed by atoms with Crippen LogP contribution in [0, 0.1) is 13.8 Å². The number of nitrogens with zero attached hydrogens (tertiary/aromatic N) is 2. The Morgan fingerprint density at radius 3 is 2.52 bits per heavy atom. The van der Waals surface area contributed by atoms with Crippen LogP contribution in [-0.4, -0.2) is 24.0 Å². The van der Waals surface area contributed by atoms with Crippen molar-refractivity contribution in [3.63, 3.8) is 0 Å². The summed E-state index contributed by atoms with van der Waals surface area (Å²) < 4.78 is 0. The Morgan fingerprint density at radius 2 is 1.76 bits per heavy atom. The number of pyridine rings is 1. The fourth-order valence-corrected chi connectivity index (χ4v) is 3.77. The highest BCUT2D eigenvalue weighted by Crippen LogP contribution is 2.27. The summed E-state index contributed by atoms with van der Waals surface area (Å²) >= 11 is 0. The molecule has 0 spiro atoms. The predicted molar refractivity (Wildman–Crippen MR) is 121 cm³/mol. The molecule has 2 heterocycles. The third kappa shape index (κ3) is 4.65. The Balaban J connectivity index is 1.50. The number of fused-ring (bicyclic) bond motifs is 1. The van der Waals surface area contributed by atoms with E-state index in [-0.39, 0.29) is 5.91 Å². The van der Waals surface area contributed by atoms with Gasteiger partial charge in [-0.3, -0.25) is 4.79 Å². The summed E-state index contributed by atoms with van der Waals surface area (Å²) in [5.74, 6) is 0.924. The van der Waals surface area contributed by atoms with Crippen LogP contribution in [0.1, 0.15) is 36.0 Å². The molecule has 0 saturated carbocycles. The molecule has 1 fully saturated rings. The number of amides is 1. The Kier molecular flexibility index (Phi) is 5.61. The number of carbonyl (C=O) groups excluding carboxylic acids is 1. The maximum atomic E-state index is 12.3. The van der Waals surface area contributed by atoms with Crippen LogP contribution in [0.5, 0.6) is 0 Å². The second-order valence-electron chi connectivity index (χ2n) is 7.81. The Bertz CT molecular complexity index is 1050. The monoisotopic (exact) mass is 385 g/mol. The van der Waals surface area contributed by atoms with Crippen molar-refractivity contribution in [3.8, 4) is 0 Å². The molecular formula is C25H27N3O. The van der Waals surface area contributed by atoms with Crippen LogP contribution in [0.2, 0.25) is 0 Å². The number of aromatic nitrogens is 1. The molecule has 0 bridgehead atoms. The minimum Gasteiger partial charge on any atom is -0.357 e. The minimum atomic E-state index is -0.138. The van der Waals surface area contributed by atoms with E-state index >= 15 is 0 Å². The fourth-order valence-electron chi connectivity index (χ4n) is 3.77. The highest BCUT2D eigenvalue weighted by molar-refractivity contribution is 6.03. The van der Waals surface area contributed by atoms with Gasteiger partial charge in [0.05, 0.1) is 5.52 Å². The van der Waals surface area contributed by atoms with Crippen LogP contribution in [-0.2, 0) is 4.79 Å². The van der Waals surface area contributed by atoms with Crippen LogP contribution >= 0.6 is 0 Å². The van der Waals surface area contributed by atoms with E-state index in [2.05, 4.69) is 23.2 Å². The van der Waals surface area contributed by atoms with E-state index in [1.54, 1.807) is 6.08 Å². The molecule has 0 aliphatic carbocycles. The van der Waals surface area contributed by atoms with Crippen LogP contribution in [0.25, 0.3) is 17.0 Å². The third-order valence-corrected chi connectivity index (χ3v) is 5.45. The standard InChI is InChI=1S/C25H27N3O/c1-18-6-8-20(9-7-18)10-13-25(29)26-21-11-12-23-22(17-21)19(2)16-24(27-23)28-14-4-3-5-15-28/h6-13,16-17H,3-5,14-15H2,1-2H3,(H,26,29)/b13-10+. The van der Waals surface area contributed by atoms with Gasteiger partial charge in [-0.25, -0.2) is 4.98 Å². The molecule has 1 aliphatic heterocycles. The van der Waals surface area contributed by atoms with E-state index in [1.165, 1.54) is 30.4 Å². The lowest BCUT2D eigenvalue weighted by molar-refractivity contribution is -0.111. The van der Waals surface area contributed by atoms with Crippen molar-refractivity contribution >= 4 is 34.4 Å². The van der Waals surface area contributed by atoms with E-state index in [0.717, 1.165) is 41.1 Å². The zero-order chi connectivity index (χ0) is 20.2. The Morgan fingerprint density at radius 1 is 1.00 bits per heavy atom. The van der Waals surface area contributed by atoms with Gasteiger partial charge in [0.2, 0.25) is 5.91 Å². The van der Waals surface area contributed by atoms with Crippen LogP contribution in [0.15, 0.2) is 54.6 Å². The largest absolute Gasteiger partial charge is 0.357 e. The zero-order valence-corrected chi connectivity index (χ0v) is 17.1. The lowest BCUT2D eigenvalue weighted by Crippen LogP contribution is -2.30. The average Bonchev–Trinajstić information content (AvgIpc) is 2.74. The molecule has 1 amide bonds. The van der Waals surface area contributed by atoms with Crippen LogP contribution < -0.4 is 10.2 Å². The molecule has 4 rings (SSSR count). The third-order valence-electron chi connectivity index (χ3n) is 5.45. The number of rotatable bonds is 4. The first-order valence-electron chi connectivity index (χ1n) is 10.3. The Hall–Kier alpha value is -3.14. The Labute approximate surface area is 172 Å². The number of benzene rings is 2. The van der Waals surface area contributed by atoms with Crippen molar-refractivity contribution in [1.82, 2.24) is 4.98 Å². The first-order valence-corrected chi connectivity index (χ1v) is 10.3. The second kappa shape index (κ2) is 8.48. The number of hydrogen-bond donors (Lipinski definition) is 1. The number of anilines is 2. The van der Waals surface area contributed by atoms with Gasteiger partial charge >= 0.3 is 0 Å². The van der Waals surface area contributed by atoms with Gasteiger partial charge < -0.3 is 10.2 Å². The molecule has 2 aromatic carbocycles.